The third-order valence-electron chi connectivity index (χ3n) is 4.03. The van der Waals surface area contributed by atoms with Gasteiger partial charge < -0.3 is 18.9 Å². The largest absolute Gasteiger partial charge is 0.454 e. The molecule has 2 aliphatic rings. The summed E-state index contributed by atoms with van der Waals surface area (Å²) in [6, 6.07) is 1.09. The van der Waals surface area contributed by atoms with Gasteiger partial charge in [-0.15, -0.1) is 0 Å². The molecule has 1 aromatic rings. The van der Waals surface area contributed by atoms with Crippen molar-refractivity contribution in [1.82, 2.24) is 9.55 Å². The first-order valence-electron chi connectivity index (χ1n) is 7.78. The van der Waals surface area contributed by atoms with E-state index in [1.54, 1.807) is 13.8 Å². The van der Waals surface area contributed by atoms with Gasteiger partial charge >= 0.3 is 11.7 Å². The lowest BCUT2D eigenvalue weighted by molar-refractivity contribution is -0.359. The van der Waals surface area contributed by atoms with Crippen LogP contribution in [0.1, 0.15) is 27.0 Å². The number of carbonyl (C=O) groups is 1. The van der Waals surface area contributed by atoms with E-state index >= 15 is 4.39 Å². The minimum Gasteiger partial charge on any atom is -0.454 e. The highest BCUT2D eigenvalue weighted by molar-refractivity contribution is 5.66. The van der Waals surface area contributed by atoms with Gasteiger partial charge in [-0.25, -0.2) is 9.18 Å². The zero-order chi connectivity index (χ0) is 18.4. The van der Waals surface area contributed by atoms with Gasteiger partial charge in [0.15, 0.2) is 24.3 Å². The molecule has 3 heterocycles. The van der Waals surface area contributed by atoms with Gasteiger partial charge in [-0.3, -0.25) is 19.1 Å². The Morgan fingerprint density at radius 1 is 1.44 bits per heavy atom. The fourth-order valence-electron chi connectivity index (χ4n) is 2.97. The molecule has 2 fully saturated rings. The Bertz CT molecular complexity index is 774. The molecule has 138 valence electrons. The Morgan fingerprint density at radius 2 is 2.16 bits per heavy atom. The summed E-state index contributed by atoms with van der Waals surface area (Å²) in [5.74, 6) is -1.75. The second-order valence-electron chi connectivity index (χ2n) is 6.39. The maximum absolute atomic E-state index is 15.1. The predicted octanol–water partition coefficient (Wildman–Crippen LogP) is -0.145. The molecule has 0 aromatic carbocycles. The predicted molar refractivity (Wildman–Crippen MR) is 80.6 cm³/mol. The van der Waals surface area contributed by atoms with E-state index in [1.807, 2.05) is 0 Å². The number of ether oxygens (including phenoxy) is 4. The molecule has 0 aliphatic carbocycles. The van der Waals surface area contributed by atoms with E-state index in [2.05, 4.69) is 4.98 Å². The van der Waals surface area contributed by atoms with Crippen LogP contribution in [-0.2, 0) is 23.7 Å². The Kier molecular flexibility index (Phi) is 4.52. The molecular formula is C15H19FN2O7. The SMILES string of the molecule is CC(=O)O[C@@H]1[C@@H](F)[C@@H]2OC(C)(C)OC[C@H]2O[C@H]1n1ccc(=O)[nH]c1=O. The second kappa shape index (κ2) is 6.36. The van der Waals surface area contributed by atoms with Gasteiger partial charge in [0.05, 0.1) is 6.61 Å². The van der Waals surface area contributed by atoms with Crippen molar-refractivity contribution in [3.8, 4) is 0 Å². The topological polar surface area (TPSA) is 109 Å². The normalized spacial score (nSPS) is 34.2. The molecule has 1 aromatic heterocycles. The van der Waals surface area contributed by atoms with E-state index in [0.29, 0.717) is 0 Å². The number of H-pyrrole nitrogens is 1. The Labute approximate surface area is 141 Å². The summed E-state index contributed by atoms with van der Waals surface area (Å²) in [5, 5.41) is 0. The van der Waals surface area contributed by atoms with Gasteiger partial charge in [-0.05, 0) is 13.8 Å². The number of halogens is 1. The first-order chi connectivity index (χ1) is 11.7. The highest BCUT2D eigenvalue weighted by Crippen LogP contribution is 2.38. The molecule has 10 heteroatoms. The fourth-order valence-corrected chi connectivity index (χ4v) is 2.97. The van der Waals surface area contributed by atoms with Crippen molar-refractivity contribution in [3.05, 3.63) is 33.1 Å². The fraction of sp³-hybridized carbons (Fsp3) is 0.667. The molecule has 3 rings (SSSR count). The van der Waals surface area contributed by atoms with Crippen molar-refractivity contribution in [3.63, 3.8) is 0 Å². The van der Waals surface area contributed by atoms with Gasteiger partial charge in [-0.1, -0.05) is 0 Å². The van der Waals surface area contributed by atoms with E-state index in [-0.39, 0.29) is 6.61 Å². The van der Waals surface area contributed by atoms with Crippen LogP contribution in [0.5, 0.6) is 0 Å². The van der Waals surface area contributed by atoms with Gasteiger partial charge in [0.2, 0.25) is 0 Å². The summed E-state index contributed by atoms with van der Waals surface area (Å²) in [4.78, 5) is 36.7. The molecule has 2 saturated heterocycles. The number of nitrogens with one attached hydrogen (secondary N) is 1. The van der Waals surface area contributed by atoms with Crippen molar-refractivity contribution in [2.75, 3.05) is 6.61 Å². The highest BCUT2D eigenvalue weighted by Gasteiger charge is 2.54. The number of hydrogen-bond acceptors (Lipinski definition) is 7. The average Bonchev–Trinajstić information content (AvgIpc) is 2.50. The summed E-state index contributed by atoms with van der Waals surface area (Å²) in [7, 11) is 0. The van der Waals surface area contributed by atoms with Crippen LogP contribution >= 0.6 is 0 Å². The highest BCUT2D eigenvalue weighted by atomic mass is 19.1. The van der Waals surface area contributed by atoms with Crippen molar-refractivity contribution in [1.29, 1.82) is 0 Å². The van der Waals surface area contributed by atoms with Crippen LogP contribution in [0.3, 0.4) is 0 Å². The van der Waals surface area contributed by atoms with E-state index in [1.165, 1.54) is 0 Å². The van der Waals surface area contributed by atoms with Crippen LogP contribution in [0.4, 0.5) is 4.39 Å². The van der Waals surface area contributed by atoms with Crippen LogP contribution in [0.25, 0.3) is 0 Å². The number of rotatable bonds is 2. The number of carbonyl (C=O) groups excluding carboxylic acids is 1. The van der Waals surface area contributed by atoms with E-state index in [9.17, 15) is 14.4 Å². The standard InChI is InChI=1S/C15H19FN2O7/c1-7(19)23-12-10(16)11-8(6-22-15(2,3)25-11)24-13(12)18-5-4-9(20)17-14(18)21/h4-5,8,10-13H,6H2,1-3H3,(H,17,20,21)/t8-,10+,11-,12-,13-/m1/s1. The molecule has 5 atom stereocenters. The number of fused-ring (bicyclic) bond motifs is 1. The number of alkyl halides is 1. The minimum absolute atomic E-state index is 0.0412. The van der Waals surface area contributed by atoms with Crippen LogP contribution in [0, 0.1) is 0 Å². The number of esters is 1. The molecule has 1 N–H and O–H groups in total. The third-order valence-corrected chi connectivity index (χ3v) is 4.03. The Hall–Kier alpha value is -2.04. The third kappa shape index (κ3) is 3.51. The maximum Gasteiger partial charge on any atom is 0.330 e. The van der Waals surface area contributed by atoms with E-state index in [4.69, 9.17) is 18.9 Å². The molecule has 0 bridgehead atoms. The zero-order valence-electron chi connectivity index (χ0n) is 13.9. The number of aromatic amines is 1. The van der Waals surface area contributed by atoms with Crippen molar-refractivity contribution < 1.29 is 28.1 Å². The molecule has 0 unspecified atom stereocenters. The number of hydrogen-bond donors (Lipinski definition) is 1. The van der Waals surface area contributed by atoms with Gasteiger partial charge in [0.1, 0.15) is 12.2 Å². The first-order valence-corrected chi connectivity index (χ1v) is 7.78. The molecule has 9 nitrogen and oxygen atoms in total. The second-order valence-corrected chi connectivity index (χ2v) is 6.39. The molecule has 0 amide bonds. The average molecular weight is 358 g/mol. The molecule has 25 heavy (non-hydrogen) atoms. The van der Waals surface area contributed by atoms with Crippen LogP contribution in [0.15, 0.2) is 21.9 Å². The molecule has 0 spiro atoms. The minimum atomic E-state index is -1.75. The molecule has 0 radical (unpaired) electrons. The van der Waals surface area contributed by atoms with Crippen molar-refractivity contribution in [2.45, 2.75) is 57.3 Å². The van der Waals surface area contributed by atoms with Crippen molar-refractivity contribution >= 4 is 5.97 Å². The summed E-state index contributed by atoms with van der Waals surface area (Å²) in [5.41, 5.74) is -1.42. The summed E-state index contributed by atoms with van der Waals surface area (Å²) in [6.07, 6.45) is -5.12. The summed E-state index contributed by atoms with van der Waals surface area (Å²) >= 11 is 0. The van der Waals surface area contributed by atoms with Crippen molar-refractivity contribution in [2.24, 2.45) is 0 Å². The number of nitrogens with zero attached hydrogens (tertiary/aromatic N) is 1. The lowest BCUT2D eigenvalue weighted by atomic mass is 9.97. The van der Waals surface area contributed by atoms with Gasteiger partial charge in [0.25, 0.3) is 5.56 Å². The molecule has 0 saturated carbocycles. The Balaban J connectivity index is 1.98. The van der Waals surface area contributed by atoms with Gasteiger partial charge in [0, 0.05) is 19.2 Å². The monoisotopic (exact) mass is 358 g/mol. The lowest BCUT2D eigenvalue weighted by Gasteiger charge is -2.48. The molecule has 2 aliphatic heterocycles. The first kappa shape index (κ1) is 17.8. The molecular weight excluding hydrogens is 339 g/mol. The quantitative estimate of drug-likeness (QED) is 0.733. The van der Waals surface area contributed by atoms with E-state index < -0.39 is 53.7 Å². The van der Waals surface area contributed by atoms with Gasteiger partial charge in [-0.2, -0.15) is 0 Å². The summed E-state index contributed by atoms with van der Waals surface area (Å²) in [6.45, 7) is 4.43. The van der Waals surface area contributed by atoms with Crippen LogP contribution in [0.2, 0.25) is 0 Å². The maximum atomic E-state index is 15.1. The van der Waals surface area contributed by atoms with Crippen LogP contribution in [-0.4, -0.2) is 52.4 Å². The summed E-state index contributed by atoms with van der Waals surface area (Å²) < 4.78 is 37.9. The smallest absolute Gasteiger partial charge is 0.330 e. The number of aromatic nitrogens is 2. The Morgan fingerprint density at radius 3 is 2.80 bits per heavy atom. The zero-order valence-corrected chi connectivity index (χ0v) is 13.9. The van der Waals surface area contributed by atoms with Crippen LogP contribution < -0.4 is 11.2 Å². The lowest BCUT2D eigenvalue weighted by Crippen LogP contribution is -2.63. The van der Waals surface area contributed by atoms with E-state index in [0.717, 1.165) is 23.8 Å².